The van der Waals surface area contributed by atoms with Gasteiger partial charge in [0.05, 0.1) is 5.69 Å². The number of benzene rings is 2. The molecule has 3 aromatic rings. The lowest BCUT2D eigenvalue weighted by molar-refractivity contribution is -0.112. The molecule has 0 spiro atoms. The summed E-state index contributed by atoms with van der Waals surface area (Å²) in [5.41, 5.74) is 1.04. The number of thiophene rings is 1. The van der Waals surface area contributed by atoms with Crippen LogP contribution < -0.4 is 5.32 Å². The molecule has 0 saturated heterocycles. The van der Waals surface area contributed by atoms with E-state index in [-0.39, 0.29) is 11.3 Å². The van der Waals surface area contributed by atoms with Gasteiger partial charge < -0.3 is 5.32 Å². The van der Waals surface area contributed by atoms with Crippen LogP contribution in [0.2, 0.25) is 0 Å². The fraction of sp³-hybridized carbons (Fsp3) is 0. The molecular formula is C20H13FN2OS. The number of halogens is 1. The molecule has 1 heterocycles. The number of hydrogen-bond acceptors (Lipinski definition) is 3. The van der Waals surface area contributed by atoms with E-state index in [1.807, 2.05) is 48.5 Å². The fourth-order valence-corrected chi connectivity index (χ4v) is 3.19. The number of rotatable bonds is 4. The van der Waals surface area contributed by atoms with E-state index in [2.05, 4.69) is 5.32 Å². The second-order valence-electron chi connectivity index (χ2n) is 5.17. The van der Waals surface area contributed by atoms with Crippen molar-refractivity contribution in [1.82, 2.24) is 0 Å². The van der Waals surface area contributed by atoms with Crippen LogP contribution in [0.5, 0.6) is 0 Å². The van der Waals surface area contributed by atoms with Crippen molar-refractivity contribution >= 4 is 29.0 Å². The van der Waals surface area contributed by atoms with Gasteiger partial charge in [-0.1, -0.05) is 42.5 Å². The Balaban J connectivity index is 1.81. The van der Waals surface area contributed by atoms with Gasteiger partial charge >= 0.3 is 0 Å². The normalized spacial score (nSPS) is 11.0. The van der Waals surface area contributed by atoms with Crippen molar-refractivity contribution in [2.24, 2.45) is 0 Å². The van der Waals surface area contributed by atoms with Crippen LogP contribution in [-0.4, -0.2) is 5.91 Å². The molecule has 0 radical (unpaired) electrons. The van der Waals surface area contributed by atoms with Crippen molar-refractivity contribution in [3.63, 3.8) is 0 Å². The Morgan fingerprint density at radius 2 is 1.76 bits per heavy atom. The Morgan fingerprint density at radius 1 is 1.04 bits per heavy atom. The number of carbonyl (C=O) groups is 1. The van der Waals surface area contributed by atoms with Gasteiger partial charge in [0.1, 0.15) is 17.5 Å². The molecule has 3 nitrogen and oxygen atoms in total. The Morgan fingerprint density at radius 3 is 2.48 bits per heavy atom. The molecule has 1 aromatic heterocycles. The minimum absolute atomic E-state index is 0.0461. The van der Waals surface area contributed by atoms with Gasteiger partial charge in [0.25, 0.3) is 5.91 Å². The highest BCUT2D eigenvalue weighted by Gasteiger charge is 2.12. The summed E-state index contributed by atoms with van der Waals surface area (Å²) >= 11 is 1.47. The predicted octanol–water partition coefficient (Wildman–Crippen LogP) is 5.10. The minimum Gasteiger partial charge on any atom is -0.319 e. The SMILES string of the molecule is N#C/C(=C\c1ccc(-c2ccccc2)s1)C(=O)Nc1ccccc1F. The van der Waals surface area contributed by atoms with Crippen molar-refractivity contribution in [1.29, 1.82) is 5.26 Å². The van der Waals surface area contributed by atoms with Gasteiger partial charge in [0.15, 0.2) is 0 Å². The third-order valence-electron chi connectivity index (χ3n) is 3.46. The molecule has 1 amide bonds. The number of para-hydroxylation sites is 1. The van der Waals surface area contributed by atoms with Crippen molar-refractivity contribution in [3.8, 4) is 16.5 Å². The number of nitrogens with zero attached hydrogens (tertiary/aromatic N) is 1. The summed E-state index contributed by atoms with van der Waals surface area (Å²) in [5, 5.41) is 11.7. The molecule has 0 fully saturated rings. The average molecular weight is 348 g/mol. The van der Waals surface area contributed by atoms with E-state index in [1.54, 1.807) is 6.07 Å². The molecule has 0 atom stereocenters. The topological polar surface area (TPSA) is 52.9 Å². The molecule has 0 aliphatic carbocycles. The van der Waals surface area contributed by atoms with Gasteiger partial charge in [-0.25, -0.2) is 4.39 Å². The second-order valence-corrected chi connectivity index (χ2v) is 6.29. The van der Waals surface area contributed by atoms with Gasteiger partial charge in [-0.15, -0.1) is 11.3 Å². The number of amides is 1. The summed E-state index contributed by atoms with van der Waals surface area (Å²) in [6.45, 7) is 0. The van der Waals surface area contributed by atoms with E-state index in [4.69, 9.17) is 0 Å². The highest BCUT2D eigenvalue weighted by Crippen LogP contribution is 2.29. The Bertz CT molecular complexity index is 971. The summed E-state index contributed by atoms with van der Waals surface area (Å²) in [7, 11) is 0. The first-order valence-electron chi connectivity index (χ1n) is 7.50. The van der Waals surface area contributed by atoms with Crippen molar-refractivity contribution in [2.75, 3.05) is 5.32 Å². The maximum atomic E-state index is 13.6. The highest BCUT2D eigenvalue weighted by molar-refractivity contribution is 7.16. The maximum absolute atomic E-state index is 13.6. The van der Waals surface area contributed by atoms with Crippen LogP contribution in [0.15, 0.2) is 72.3 Å². The van der Waals surface area contributed by atoms with Crippen LogP contribution in [0, 0.1) is 17.1 Å². The first-order valence-corrected chi connectivity index (χ1v) is 8.32. The number of carbonyl (C=O) groups excluding carboxylic acids is 1. The third-order valence-corrected chi connectivity index (χ3v) is 4.54. The monoisotopic (exact) mass is 348 g/mol. The number of anilines is 1. The number of nitriles is 1. The van der Waals surface area contributed by atoms with Crippen LogP contribution in [0.25, 0.3) is 16.5 Å². The zero-order valence-corrected chi connectivity index (χ0v) is 13.9. The van der Waals surface area contributed by atoms with E-state index in [1.165, 1.54) is 35.6 Å². The minimum atomic E-state index is -0.637. The fourth-order valence-electron chi connectivity index (χ4n) is 2.23. The predicted molar refractivity (Wildman–Crippen MR) is 98.4 cm³/mol. The smallest absolute Gasteiger partial charge is 0.266 e. The zero-order chi connectivity index (χ0) is 17.6. The standard InChI is InChI=1S/C20H13FN2OS/c21-17-8-4-5-9-18(17)23-20(24)15(13-22)12-16-10-11-19(25-16)14-6-2-1-3-7-14/h1-12H,(H,23,24)/b15-12+. The molecule has 2 aromatic carbocycles. The average Bonchev–Trinajstić information content (AvgIpc) is 3.11. The quantitative estimate of drug-likeness (QED) is 0.527. The van der Waals surface area contributed by atoms with Crippen LogP contribution in [0.1, 0.15) is 4.88 Å². The van der Waals surface area contributed by atoms with Gasteiger partial charge in [-0.05, 0) is 35.9 Å². The highest BCUT2D eigenvalue weighted by atomic mass is 32.1. The van der Waals surface area contributed by atoms with E-state index < -0.39 is 11.7 Å². The van der Waals surface area contributed by atoms with Crippen molar-refractivity contribution in [3.05, 3.63) is 83.0 Å². The van der Waals surface area contributed by atoms with Crippen LogP contribution in [0.4, 0.5) is 10.1 Å². The van der Waals surface area contributed by atoms with Gasteiger partial charge in [0, 0.05) is 9.75 Å². The number of hydrogen-bond donors (Lipinski definition) is 1. The van der Waals surface area contributed by atoms with Gasteiger partial charge in [-0.2, -0.15) is 5.26 Å². The largest absolute Gasteiger partial charge is 0.319 e. The molecule has 1 N–H and O–H groups in total. The Labute approximate surface area is 148 Å². The maximum Gasteiger partial charge on any atom is 0.266 e. The molecule has 3 rings (SSSR count). The van der Waals surface area contributed by atoms with Crippen molar-refractivity contribution in [2.45, 2.75) is 0 Å². The molecular weight excluding hydrogens is 335 g/mol. The lowest BCUT2D eigenvalue weighted by atomic mass is 10.2. The molecule has 0 aliphatic heterocycles. The molecule has 0 aliphatic rings. The summed E-state index contributed by atoms with van der Waals surface area (Å²) in [6.07, 6.45) is 1.51. The van der Waals surface area contributed by atoms with Crippen molar-refractivity contribution < 1.29 is 9.18 Å². The van der Waals surface area contributed by atoms with Crippen LogP contribution >= 0.6 is 11.3 Å². The Kier molecular flexibility index (Phi) is 5.03. The molecule has 25 heavy (non-hydrogen) atoms. The lowest BCUT2D eigenvalue weighted by Gasteiger charge is -2.04. The summed E-state index contributed by atoms with van der Waals surface area (Å²) in [4.78, 5) is 14.0. The van der Waals surface area contributed by atoms with Gasteiger partial charge in [0.2, 0.25) is 0 Å². The zero-order valence-electron chi connectivity index (χ0n) is 13.1. The van der Waals surface area contributed by atoms with E-state index in [0.717, 1.165) is 15.3 Å². The molecule has 0 saturated carbocycles. The lowest BCUT2D eigenvalue weighted by Crippen LogP contribution is -2.14. The van der Waals surface area contributed by atoms with Crippen LogP contribution in [0.3, 0.4) is 0 Å². The van der Waals surface area contributed by atoms with Crippen LogP contribution in [-0.2, 0) is 4.79 Å². The van der Waals surface area contributed by atoms with Gasteiger partial charge in [-0.3, -0.25) is 4.79 Å². The summed E-state index contributed by atoms with van der Waals surface area (Å²) in [6, 6.07) is 21.3. The first kappa shape index (κ1) is 16.6. The second kappa shape index (κ2) is 7.56. The van der Waals surface area contributed by atoms with E-state index in [0.29, 0.717) is 0 Å². The first-order chi connectivity index (χ1) is 12.2. The molecule has 122 valence electrons. The summed E-state index contributed by atoms with van der Waals surface area (Å²) < 4.78 is 13.6. The molecule has 0 unspecified atom stereocenters. The van der Waals surface area contributed by atoms with E-state index in [9.17, 15) is 14.4 Å². The molecule has 5 heteroatoms. The number of nitrogens with one attached hydrogen (secondary N) is 1. The third kappa shape index (κ3) is 4.00. The van der Waals surface area contributed by atoms with E-state index >= 15 is 0 Å². The Hall–Kier alpha value is -3.23. The summed E-state index contributed by atoms with van der Waals surface area (Å²) in [5.74, 6) is -1.18. The molecule has 0 bridgehead atoms.